The first kappa shape index (κ1) is 19.6. The summed E-state index contributed by atoms with van der Waals surface area (Å²) in [6.07, 6.45) is -0.356. The molecule has 5 nitrogen and oxygen atoms in total. The molecule has 1 aromatic carbocycles. The van der Waals surface area contributed by atoms with E-state index in [9.17, 15) is 9.59 Å². The summed E-state index contributed by atoms with van der Waals surface area (Å²) in [5.74, 6) is -0.234. The number of ether oxygens (including phenoxy) is 1. The van der Waals surface area contributed by atoms with E-state index in [2.05, 4.69) is 5.32 Å². The number of hydrogen-bond acceptors (Lipinski definition) is 3. The Morgan fingerprint density at radius 1 is 1.22 bits per heavy atom. The number of alkyl carbamates (subject to hydrolysis) is 1. The van der Waals surface area contributed by atoms with E-state index in [4.69, 9.17) is 27.9 Å². The minimum absolute atomic E-state index is 0.234. The second-order valence-corrected chi connectivity index (χ2v) is 7.20. The normalized spacial score (nSPS) is 12.5. The van der Waals surface area contributed by atoms with Gasteiger partial charge in [-0.15, -0.1) is 0 Å². The zero-order chi connectivity index (χ0) is 17.8. The summed E-state index contributed by atoms with van der Waals surface area (Å²) >= 11 is 11.9. The number of hydrogen-bond donors (Lipinski definition) is 1. The lowest BCUT2D eigenvalue weighted by Gasteiger charge is -2.25. The summed E-state index contributed by atoms with van der Waals surface area (Å²) < 4.78 is 5.21. The molecule has 0 bridgehead atoms. The number of carbonyl (C=O) groups is 2. The molecule has 128 valence electrons. The Morgan fingerprint density at radius 3 is 2.30 bits per heavy atom. The van der Waals surface area contributed by atoms with Crippen LogP contribution in [0.3, 0.4) is 0 Å². The van der Waals surface area contributed by atoms with Gasteiger partial charge in [0.2, 0.25) is 5.91 Å². The minimum atomic E-state index is -0.753. The molecule has 0 spiro atoms. The average Bonchev–Trinajstić information content (AvgIpc) is 2.39. The van der Waals surface area contributed by atoms with Crippen molar-refractivity contribution >= 4 is 35.2 Å². The number of amides is 2. The van der Waals surface area contributed by atoms with Gasteiger partial charge < -0.3 is 15.0 Å². The van der Waals surface area contributed by atoms with Crippen molar-refractivity contribution in [2.45, 2.75) is 38.8 Å². The van der Waals surface area contributed by atoms with E-state index < -0.39 is 17.7 Å². The van der Waals surface area contributed by atoms with Crippen LogP contribution in [0.4, 0.5) is 4.79 Å². The van der Waals surface area contributed by atoms with Gasteiger partial charge in [-0.2, -0.15) is 0 Å². The summed E-state index contributed by atoms with van der Waals surface area (Å²) in [6, 6.07) is 4.35. The molecule has 1 atom stereocenters. The van der Waals surface area contributed by atoms with Crippen LogP contribution in [0.1, 0.15) is 26.3 Å². The van der Waals surface area contributed by atoms with Gasteiger partial charge in [0.15, 0.2) is 0 Å². The molecule has 0 heterocycles. The van der Waals surface area contributed by atoms with Crippen LogP contribution in [0.2, 0.25) is 10.0 Å². The molecule has 23 heavy (non-hydrogen) atoms. The van der Waals surface area contributed by atoms with E-state index in [0.29, 0.717) is 10.0 Å². The van der Waals surface area contributed by atoms with E-state index in [0.717, 1.165) is 5.56 Å². The van der Waals surface area contributed by atoms with Crippen molar-refractivity contribution in [2.75, 3.05) is 14.1 Å². The highest BCUT2D eigenvalue weighted by Crippen LogP contribution is 2.23. The van der Waals surface area contributed by atoms with Crippen molar-refractivity contribution in [3.05, 3.63) is 33.8 Å². The van der Waals surface area contributed by atoms with Crippen molar-refractivity contribution in [2.24, 2.45) is 0 Å². The number of benzene rings is 1. The Morgan fingerprint density at radius 2 is 1.83 bits per heavy atom. The Bertz CT molecular complexity index is 583. The van der Waals surface area contributed by atoms with Crippen molar-refractivity contribution in [3.63, 3.8) is 0 Å². The zero-order valence-electron chi connectivity index (χ0n) is 13.9. The number of carbonyl (C=O) groups excluding carboxylic acids is 2. The number of rotatable bonds is 4. The second kappa shape index (κ2) is 7.88. The fourth-order valence-corrected chi connectivity index (χ4v) is 2.18. The summed E-state index contributed by atoms with van der Waals surface area (Å²) in [5, 5.41) is 3.45. The first-order valence-corrected chi connectivity index (χ1v) is 7.90. The fourth-order valence-electron chi connectivity index (χ4n) is 1.86. The lowest BCUT2D eigenvalue weighted by Crippen LogP contribution is -2.48. The first-order chi connectivity index (χ1) is 10.5. The maximum atomic E-state index is 12.3. The molecule has 1 aromatic rings. The van der Waals surface area contributed by atoms with Crippen LogP contribution in [0, 0.1) is 0 Å². The van der Waals surface area contributed by atoms with Crippen LogP contribution in [0.15, 0.2) is 18.2 Å². The third kappa shape index (κ3) is 6.67. The number of likely N-dealkylation sites (N-methyl/N-ethyl adjacent to an activating group) is 1. The SMILES string of the molecule is CN(C)C(=O)[C@@H](Cc1ccc(Cl)c(Cl)c1)NC(=O)OC(C)(C)C. The minimum Gasteiger partial charge on any atom is -0.444 e. The second-order valence-electron chi connectivity index (χ2n) is 6.38. The van der Waals surface area contributed by atoms with E-state index >= 15 is 0 Å². The fraction of sp³-hybridized carbons (Fsp3) is 0.500. The van der Waals surface area contributed by atoms with Gasteiger partial charge in [0.1, 0.15) is 11.6 Å². The highest BCUT2D eigenvalue weighted by molar-refractivity contribution is 6.42. The molecule has 2 amide bonds. The Kier molecular flexibility index (Phi) is 6.71. The third-order valence-corrected chi connectivity index (χ3v) is 3.59. The molecule has 0 aliphatic carbocycles. The largest absolute Gasteiger partial charge is 0.444 e. The van der Waals surface area contributed by atoms with Gasteiger partial charge in [-0.05, 0) is 38.5 Å². The van der Waals surface area contributed by atoms with Crippen LogP contribution in [0.25, 0.3) is 0 Å². The van der Waals surface area contributed by atoms with Crippen molar-refractivity contribution in [1.29, 1.82) is 0 Å². The summed E-state index contributed by atoms with van der Waals surface area (Å²) in [5.41, 5.74) is 0.148. The number of nitrogens with one attached hydrogen (secondary N) is 1. The Hall–Kier alpha value is -1.46. The predicted octanol–water partition coefficient (Wildman–Crippen LogP) is 3.52. The Balaban J connectivity index is 2.90. The summed E-state index contributed by atoms with van der Waals surface area (Å²) in [7, 11) is 3.25. The maximum Gasteiger partial charge on any atom is 0.408 e. The van der Waals surface area contributed by atoms with Crippen LogP contribution >= 0.6 is 23.2 Å². The quantitative estimate of drug-likeness (QED) is 0.893. The van der Waals surface area contributed by atoms with Gasteiger partial charge in [0.05, 0.1) is 10.0 Å². The van der Waals surface area contributed by atoms with Crippen LogP contribution < -0.4 is 5.32 Å². The molecule has 0 aromatic heterocycles. The highest BCUT2D eigenvalue weighted by atomic mass is 35.5. The van der Waals surface area contributed by atoms with E-state index in [1.165, 1.54) is 4.90 Å². The van der Waals surface area contributed by atoms with Gasteiger partial charge in [-0.3, -0.25) is 4.79 Å². The predicted molar refractivity (Wildman–Crippen MR) is 92.0 cm³/mol. The molecule has 1 rings (SSSR count). The van der Waals surface area contributed by atoms with E-state index in [1.54, 1.807) is 53.1 Å². The number of halogens is 2. The number of nitrogens with zero attached hydrogens (tertiary/aromatic N) is 1. The van der Waals surface area contributed by atoms with Gasteiger partial charge >= 0.3 is 6.09 Å². The van der Waals surface area contributed by atoms with Crippen LogP contribution in [-0.4, -0.2) is 42.6 Å². The molecule has 0 aliphatic rings. The molecule has 0 saturated heterocycles. The molecule has 0 saturated carbocycles. The lowest BCUT2D eigenvalue weighted by atomic mass is 10.1. The average molecular weight is 361 g/mol. The zero-order valence-corrected chi connectivity index (χ0v) is 15.5. The van der Waals surface area contributed by atoms with Crippen LogP contribution in [-0.2, 0) is 16.0 Å². The van der Waals surface area contributed by atoms with Gasteiger partial charge in [-0.25, -0.2) is 4.79 Å². The highest BCUT2D eigenvalue weighted by Gasteiger charge is 2.25. The van der Waals surface area contributed by atoms with Crippen LogP contribution in [0.5, 0.6) is 0 Å². The Labute approximate surface area is 146 Å². The topological polar surface area (TPSA) is 58.6 Å². The van der Waals surface area contributed by atoms with Gasteiger partial charge in [0, 0.05) is 20.5 Å². The van der Waals surface area contributed by atoms with Crippen molar-refractivity contribution in [1.82, 2.24) is 10.2 Å². The van der Waals surface area contributed by atoms with E-state index in [1.807, 2.05) is 0 Å². The third-order valence-electron chi connectivity index (χ3n) is 2.85. The molecule has 0 radical (unpaired) electrons. The molecule has 7 heteroatoms. The van der Waals surface area contributed by atoms with E-state index in [-0.39, 0.29) is 12.3 Å². The standard InChI is InChI=1S/C16H22Cl2N2O3/c1-16(2,3)23-15(22)19-13(14(21)20(4)5)9-10-6-7-11(17)12(18)8-10/h6-8,13H,9H2,1-5H3,(H,19,22)/t13-/m1/s1. The molecule has 0 unspecified atom stereocenters. The molecule has 0 fully saturated rings. The summed E-state index contributed by atoms with van der Waals surface area (Å²) in [6.45, 7) is 5.27. The van der Waals surface area contributed by atoms with Gasteiger partial charge in [-0.1, -0.05) is 29.3 Å². The van der Waals surface area contributed by atoms with Crippen molar-refractivity contribution in [3.8, 4) is 0 Å². The monoisotopic (exact) mass is 360 g/mol. The van der Waals surface area contributed by atoms with Crippen molar-refractivity contribution < 1.29 is 14.3 Å². The lowest BCUT2D eigenvalue weighted by molar-refractivity contribution is -0.130. The maximum absolute atomic E-state index is 12.3. The summed E-state index contributed by atoms with van der Waals surface area (Å²) in [4.78, 5) is 25.7. The smallest absolute Gasteiger partial charge is 0.408 e. The molecule has 0 aliphatic heterocycles. The molecule has 1 N–H and O–H groups in total. The first-order valence-electron chi connectivity index (χ1n) is 7.14. The van der Waals surface area contributed by atoms with Gasteiger partial charge in [0.25, 0.3) is 0 Å². The molecular weight excluding hydrogens is 339 g/mol. The molecular formula is C16H22Cl2N2O3.